The smallest absolute Gasteiger partial charge is 0.283 e. The van der Waals surface area contributed by atoms with Crippen LogP contribution in [-0.2, 0) is 0 Å². The summed E-state index contributed by atoms with van der Waals surface area (Å²) in [6.45, 7) is 5.79. The number of furan rings is 1. The Balaban J connectivity index is 1.16. The molecule has 1 atom stereocenters. The van der Waals surface area contributed by atoms with Gasteiger partial charge >= 0.3 is 0 Å². The molecule has 0 saturated carbocycles. The highest BCUT2D eigenvalue weighted by atomic mass is 35.5. The van der Waals surface area contributed by atoms with Crippen molar-refractivity contribution in [2.75, 3.05) is 44.2 Å². The lowest BCUT2D eigenvalue weighted by molar-refractivity contribution is 0.0668. The summed E-state index contributed by atoms with van der Waals surface area (Å²) in [6.07, 6.45) is -0.628. The van der Waals surface area contributed by atoms with Gasteiger partial charge in [0.25, 0.3) is 5.89 Å². The first-order valence-electron chi connectivity index (χ1n) is 11.0. The van der Waals surface area contributed by atoms with Gasteiger partial charge in [0.1, 0.15) is 24.0 Å². The minimum atomic E-state index is -0.628. The van der Waals surface area contributed by atoms with Crippen LogP contribution in [0.15, 0.2) is 51.3 Å². The standard InChI is InChI=1S/C24H24Cl2N4O4/c1-15-27-28-24(33-15)23-12-18-21(3-2-4-22(18)34-23)32-14-17(31)13-29-7-9-30(10-8-29)16-5-6-19(25)20(26)11-16/h2-6,11-12,17,31H,7-10,13-14H2,1H3. The van der Waals surface area contributed by atoms with E-state index in [-0.39, 0.29) is 6.61 Å². The minimum absolute atomic E-state index is 0.173. The predicted molar refractivity (Wildman–Crippen MR) is 131 cm³/mol. The molecule has 0 aliphatic carbocycles. The normalized spacial score (nSPS) is 15.7. The number of rotatable bonds is 7. The Kier molecular flexibility index (Phi) is 6.65. The summed E-state index contributed by atoms with van der Waals surface area (Å²) in [4.78, 5) is 4.50. The number of aliphatic hydroxyl groups excluding tert-OH is 1. The molecular weight excluding hydrogens is 479 g/mol. The lowest BCUT2D eigenvalue weighted by Gasteiger charge is -2.37. The maximum absolute atomic E-state index is 10.6. The highest BCUT2D eigenvalue weighted by molar-refractivity contribution is 6.42. The summed E-state index contributed by atoms with van der Waals surface area (Å²) in [5, 5.41) is 20.3. The van der Waals surface area contributed by atoms with Gasteiger partial charge in [-0.25, -0.2) is 0 Å². The molecule has 1 aliphatic heterocycles. The van der Waals surface area contributed by atoms with E-state index in [1.807, 2.05) is 42.5 Å². The number of ether oxygens (including phenoxy) is 1. The van der Waals surface area contributed by atoms with E-state index in [4.69, 9.17) is 36.8 Å². The monoisotopic (exact) mass is 502 g/mol. The second kappa shape index (κ2) is 9.84. The number of hydrogen-bond acceptors (Lipinski definition) is 8. The lowest BCUT2D eigenvalue weighted by Crippen LogP contribution is -2.49. The number of β-amino-alcohol motifs (C(OH)–C–C–N with tert-alkyl or cyclic N) is 1. The van der Waals surface area contributed by atoms with Crippen LogP contribution in [0.2, 0.25) is 10.0 Å². The van der Waals surface area contributed by atoms with Gasteiger partial charge in [-0.1, -0.05) is 29.3 Å². The van der Waals surface area contributed by atoms with Gasteiger partial charge in [-0.2, -0.15) is 0 Å². The summed E-state index contributed by atoms with van der Waals surface area (Å²) in [6, 6.07) is 13.0. The number of fused-ring (bicyclic) bond motifs is 1. The predicted octanol–water partition coefficient (Wildman–Crippen LogP) is 4.66. The molecule has 1 N–H and O–H groups in total. The van der Waals surface area contributed by atoms with E-state index < -0.39 is 6.10 Å². The van der Waals surface area contributed by atoms with E-state index >= 15 is 0 Å². The quantitative estimate of drug-likeness (QED) is 0.390. The van der Waals surface area contributed by atoms with Crippen molar-refractivity contribution in [2.45, 2.75) is 13.0 Å². The molecule has 4 aromatic rings. The molecule has 0 amide bonds. The third-order valence-corrected chi connectivity index (χ3v) is 6.54. The first-order valence-corrected chi connectivity index (χ1v) is 11.8. The molecule has 3 heterocycles. The average molecular weight is 503 g/mol. The van der Waals surface area contributed by atoms with E-state index in [0.717, 1.165) is 37.3 Å². The topological polar surface area (TPSA) is 88.0 Å². The molecule has 10 heteroatoms. The van der Waals surface area contributed by atoms with Gasteiger partial charge in [0, 0.05) is 51.4 Å². The molecule has 8 nitrogen and oxygen atoms in total. The Labute approximate surface area is 206 Å². The number of piperazine rings is 1. The molecule has 2 aromatic carbocycles. The summed E-state index contributed by atoms with van der Waals surface area (Å²) >= 11 is 12.2. The van der Waals surface area contributed by atoms with Gasteiger partial charge in [-0.3, -0.25) is 4.90 Å². The Bertz CT molecular complexity index is 1280. The van der Waals surface area contributed by atoms with Gasteiger partial charge in [0.2, 0.25) is 5.89 Å². The lowest BCUT2D eigenvalue weighted by atomic mass is 10.2. The molecule has 5 rings (SSSR count). The fraction of sp³-hybridized carbons (Fsp3) is 0.333. The van der Waals surface area contributed by atoms with Crippen molar-refractivity contribution in [2.24, 2.45) is 0 Å². The van der Waals surface area contributed by atoms with Crippen molar-refractivity contribution in [1.29, 1.82) is 0 Å². The average Bonchev–Trinajstić information content (AvgIpc) is 3.46. The number of aliphatic hydroxyl groups is 1. The summed E-state index contributed by atoms with van der Waals surface area (Å²) < 4.78 is 17.2. The number of nitrogens with zero attached hydrogens (tertiary/aromatic N) is 4. The molecule has 1 saturated heterocycles. The molecule has 34 heavy (non-hydrogen) atoms. The van der Waals surface area contributed by atoms with Gasteiger partial charge in [0.15, 0.2) is 5.76 Å². The third-order valence-electron chi connectivity index (χ3n) is 5.80. The SMILES string of the molecule is Cc1nnc(-c2cc3c(OCC(O)CN4CCN(c5ccc(Cl)c(Cl)c5)CC4)cccc3o2)o1. The molecule has 0 spiro atoms. The Morgan fingerprint density at radius 1 is 1.03 bits per heavy atom. The van der Waals surface area contributed by atoms with E-state index in [1.54, 1.807) is 6.92 Å². The number of aromatic nitrogens is 2. The van der Waals surface area contributed by atoms with Crippen LogP contribution in [0.5, 0.6) is 5.75 Å². The maximum Gasteiger partial charge on any atom is 0.283 e. The zero-order chi connectivity index (χ0) is 23.7. The van der Waals surface area contributed by atoms with E-state index in [9.17, 15) is 5.11 Å². The largest absolute Gasteiger partial charge is 0.490 e. The first-order chi connectivity index (χ1) is 16.5. The Hall–Kier alpha value is -2.78. The highest BCUT2D eigenvalue weighted by Gasteiger charge is 2.21. The van der Waals surface area contributed by atoms with Gasteiger partial charge in [-0.05, 0) is 30.3 Å². The van der Waals surface area contributed by atoms with Crippen LogP contribution >= 0.6 is 23.2 Å². The Morgan fingerprint density at radius 3 is 2.59 bits per heavy atom. The number of anilines is 1. The molecule has 178 valence electrons. The van der Waals surface area contributed by atoms with E-state index in [2.05, 4.69) is 20.0 Å². The van der Waals surface area contributed by atoms with Gasteiger partial charge in [0.05, 0.1) is 15.4 Å². The van der Waals surface area contributed by atoms with Crippen molar-refractivity contribution in [1.82, 2.24) is 15.1 Å². The van der Waals surface area contributed by atoms with Crippen molar-refractivity contribution in [3.05, 3.63) is 58.4 Å². The zero-order valence-corrected chi connectivity index (χ0v) is 20.1. The number of hydrogen-bond donors (Lipinski definition) is 1. The molecule has 1 fully saturated rings. The molecule has 1 unspecified atom stereocenters. The molecule has 0 radical (unpaired) electrons. The highest BCUT2D eigenvalue weighted by Crippen LogP contribution is 2.33. The molecular formula is C24H24Cl2N4O4. The number of halogens is 2. The summed E-state index contributed by atoms with van der Waals surface area (Å²) in [5.41, 5.74) is 1.71. The fourth-order valence-electron chi connectivity index (χ4n) is 4.07. The van der Waals surface area contributed by atoms with Crippen LogP contribution in [-0.4, -0.2) is 65.6 Å². The van der Waals surface area contributed by atoms with E-state index in [1.165, 1.54) is 0 Å². The first kappa shape index (κ1) is 23.0. The Morgan fingerprint density at radius 2 is 1.85 bits per heavy atom. The molecule has 2 aromatic heterocycles. The van der Waals surface area contributed by atoms with Crippen molar-refractivity contribution >= 4 is 39.9 Å². The van der Waals surface area contributed by atoms with Crippen LogP contribution in [0.25, 0.3) is 22.6 Å². The summed E-state index contributed by atoms with van der Waals surface area (Å²) in [5.74, 6) is 1.90. The van der Waals surface area contributed by atoms with Crippen LogP contribution in [0.3, 0.4) is 0 Å². The number of aryl methyl sites for hydroxylation is 1. The second-order valence-corrected chi connectivity index (χ2v) is 9.07. The second-order valence-electron chi connectivity index (χ2n) is 8.26. The molecule has 0 bridgehead atoms. The zero-order valence-electron chi connectivity index (χ0n) is 18.6. The van der Waals surface area contributed by atoms with Gasteiger partial charge in [-0.15, -0.1) is 10.2 Å². The van der Waals surface area contributed by atoms with E-state index in [0.29, 0.717) is 45.5 Å². The van der Waals surface area contributed by atoms with Crippen LogP contribution < -0.4 is 9.64 Å². The molecule has 1 aliphatic rings. The fourth-order valence-corrected chi connectivity index (χ4v) is 4.36. The van der Waals surface area contributed by atoms with Crippen molar-refractivity contribution < 1.29 is 18.7 Å². The summed E-state index contributed by atoms with van der Waals surface area (Å²) in [7, 11) is 0. The van der Waals surface area contributed by atoms with Crippen molar-refractivity contribution in [3.8, 4) is 17.4 Å². The van der Waals surface area contributed by atoms with Crippen LogP contribution in [0.1, 0.15) is 5.89 Å². The third kappa shape index (κ3) is 5.00. The van der Waals surface area contributed by atoms with Crippen LogP contribution in [0, 0.1) is 6.92 Å². The van der Waals surface area contributed by atoms with Crippen LogP contribution in [0.4, 0.5) is 5.69 Å². The van der Waals surface area contributed by atoms with Gasteiger partial charge < -0.3 is 23.6 Å². The maximum atomic E-state index is 10.6. The minimum Gasteiger partial charge on any atom is -0.490 e. The number of benzene rings is 2. The van der Waals surface area contributed by atoms with Crippen molar-refractivity contribution in [3.63, 3.8) is 0 Å².